The van der Waals surface area contributed by atoms with E-state index in [9.17, 15) is 0 Å². The Hall–Kier alpha value is -1.62. The third kappa shape index (κ3) is 4.70. The Morgan fingerprint density at radius 3 is 2.95 bits per heavy atom. The Kier molecular flexibility index (Phi) is 5.99. The van der Waals surface area contributed by atoms with Gasteiger partial charge >= 0.3 is 0 Å². The molecule has 4 nitrogen and oxygen atoms in total. The van der Waals surface area contributed by atoms with E-state index in [1.54, 1.807) is 13.3 Å². The first-order valence-electron chi connectivity index (χ1n) is 6.78. The molecular formula is C16H19ClN2O2. The van der Waals surface area contributed by atoms with E-state index < -0.39 is 0 Å². The highest BCUT2D eigenvalue weighted by Crippen LogP contribution is 2.30. The Bertz CT molecular complexity index is 590. The molecule has 112 valence electrons. The lowest BCUT2D eigenvalue weighted by Crippen LogP contribution is -2.19. The van der Waals surface area contributed by atoms with E-state index in [0.29, 0.717) is 29.8 Å². The van der Waals surface area contributed by atoms with Crippen molar-refractivity contribution in [1.29, 1.82) is 0 Å². The summed E-state index contributed by atoms with van der Waals surface area (Å²) in [4.78, 5) is 4.29. The molecule has 5 heteroatoms. The average molecular weight is 307 g/mol. The molecule has 0 saturated heterocycles. The van der Waals surface area contributed by atoms with E-state index in [1.807, 2.05) is 37.3 Å². The molecule has 2 rings (SSSR count). The number of hydrogen-bond acceptors (Lipinski definition) is 4. The summed E-state index contributed by atoms with van der Waals surface area (Å²) in [6.45, 7) is 4.10. The van der Waals surface area contributed by atoms with Gasteiger partial charge in [0.1, 0.15) is 5.75 Å². The van der Waals surface area contributed by atoms with Gasteiger partial charge in [-0.1, -0.05) is 23.7 Å². The molecule has 1 aromatic carbocycles. The number of nitrogens with one attached hydrogen (secondary N) is 1. The standard InChI is InChI=1S/C16H19ClN2O2/c1-12-5-6-14(17)15(10-12)21-16-13(4-3-7-19-16)11-18-8-9-20-2/h3-7,10,18H,8-9,11H2,1-2H3. The van der Waals surface area contributed by atoms with Crippen LogP contribution >= 0.6 is 11.6 Å². The highest BCUT2D eigenvalue weighted by atomic mass is 35.5. The third-order valence-corrected chi connectivity index (χ3v) is 3.25. The van der Waals surface area contributed by atoms with E-state index in [4.69, 9.17) is 21.1 Å². The summed E-state index contributed by atoms with van der Waals surface area (Å²) in [5, 5.41) is 3.85. The Morgan fingerprint density at radius 2 is 2.14 bits per heavy atom. The zero-order valence-corrected chi connectivity index (χ0v) is 13.0. The van der Waals surface area contributed by atoms with Crippen molar-refractivity contribution >= 4 is 11.6 Å². The van der Waals surface area contributed by atoms with Gasteiger partial charge < -0.3 is 14.8 Å². The van der Waals surface area contributed by atoms with Gasteiger partial charge in [0.15, 0.2) is 0 Å². The van der Waals surface area contributed by atoms with Crippen LogP contribution in [0.15, 0.2) is 36.5 Å². The number of methoxy groups -OCH3 is 1. The van der Waals surface area contributed by atoms with Gasteiger partial charge in [0.05, 0.1) is 11.6 Å². The number of aryl methyl sites for hydroxylation is 1. The maximum absolute atomic E-state index is 6.16. The summed E-state index contributed by atoms with van der Waals surface area (Å²) in [5.74, 6) is 1.18. The first kappa shape index (κ1) is 15.8. The van der Waals surface area contributed by atoms with Crippen molar-refractivity contribution in [2.75, 3.05) is 20.3 Å². The predicted molar refractivity (Wildman–Crippen MR) is 84.1 cm³/mol. The minimum atomic E-state index is 0.565. The number of rotatable bonds is 7. The zero-order valence-electron chi connectivity index (χ0n) is 12.2. The van der Waals surface area contributed by atoms with Gasteiger partial charge in [-0.25, -0.2) is 4.98 Å². The van der Waals surface area contributed by atoms with Crippen LogP contribution in [-0.4, -0.2) is 25.2 Å². The van der Waals surface area contributed by atoms with Crippen LogP contribution in [0.25, 0.3) is 0 Å². The van der Waals surface area contributed by atoms with Crippen LogP contribution in [0, 0.1) is 6.92 Å². The van der Waals surface area contributed by atoms with E-state index in [2.05, 4.69) is 10.3 Å². The average Bonchev–Trinajstić information content (AvgIpc) is 2.49. The summed E-state index contributed by atoms with van der Waals surface area (Å²) in [7, 11) is 1.68. The van der Waals surface area contributed by atoms with Gasteiger partial charge in [0.25, 0.3) is 0 Å². The second-order valence-electron chi connectivity index (χ2n) is 4.67. The monoisotopic (exact) mass is 306 g/mol. The fourth-order valence-electron chi connectivity index (χ4n) is 1.84. The molecule has 0 radical (unpaired) electrons. The third-order valence-electron chi connectivity index (χ3n) is 2.94. The van der Waals surface area contributed by atoms with Crippen LogP contribution in [0.3, 0.4) is 0 Å². The summed E-state index contributed by atoms with van der Waals surface area (Å²) in [6.07, 6.45) is 1.71. The Morgan fingerprint density at radius 1 is 1.29 bits per heavy atom. The highest BCUT2D eigenvalue weighted by molar-refractivity contribution is 6.32. The molecule has 0 fully saturated rings. The fraction of sp³-hybridized carbons (Fsp3) is 0.312. The van der Waals surface area contributed by atoms with Crippen LogP contribution in [-0.2, 0) is 11.3 Å². The van der Waals surface area contributed by atoms with Crippen LogP contribution < -0.4 is 10.1 Å². The topological polar surface area (TPSA) is 43.4 Å². The van der Waals surface area contributed by atoms with Crippen molar-refractivity contribution in [1.82, 2.24) is 10.3 Å². The lowest BCUT2D eigenvalue weighted by atomic mass is 10.2. The number of ether oxygens (including phenoxy) is 2. The van der Waals surface area contributed by atoms with Crippen molar-refractivity contribution in [3.63, 3.8) is 0 Å². The molecule has 0 spiro atoms. The quantitative estimate of drug-likeness (QED) is 0.794. The molecular weight excluding hydrogens is 288 g/mol. The number of pyridine rings is 1. The lowest BCUT2D eigenvalue weighted by molar-refractivity contribution is 0.199. The number of hydrogen-bond donors (Lipinski definition) is 1. The van der Waals surface area contributed by atoms with Crippen LogP contribution in [0.4, 0.5) is 0 Å². The van der Waals surface area contributed by atoms with Crippen molar-refractivity contribution in [2.45, 2.75) is 13.5 Å². The molecule has 0 amide bonds. The number of nitrogens with zero attached hydrogens (tertiary/aromatic N) is 1. The molecule has 2 aromatic rings. The molecule has 0 bridgehead atoms. The lowest BCUT2D eigenvalue weighted by Gasteiger charge is -2.12. The van der Waals surface area contributed by atoms with Gasteiger partial charge in [0, 0.05) is 32.0 Å². The summed E-state index contributed by atoms with van der Waals surface area (Å²) >= 11 is 6.16. The van der Waals surface area contributed by atoms with Gasteiger partial charge in [-0.05, 0) is 30.7 Å². The van der Waals surface area contributed by atoms with Crippen LogP contribution in [0.2, 0.25) is 5.02 Å². The molecule has 0 aliphatic rings. The molecule has 1 aromatic heterocycles. The molecule has 1 N–H and O–H groups in total. The van der Waals surface area contributed by atoms with Gasteiger partial charge in [0.2, 0.25) is 5.88 Å². The predicted octanol–water partition coefficient (Wildman–Crippen LogP) is 3.57. The van der Waals surface area contributed by atoms with Crippen molar-refractivity contribution in [2.24, 2.45) is 0 Å². The summed E-state index contributed by atoms with van der Waals surface area (Å²) < 4.78 is 10.9. The Balaban J connectivity index is 2.10. The largest absolute Gasteiger partial charge is 0.437 e. The van der Waals surface area contributed by atoms with E-state index in [-0.39, 0.29) is 0 Å². The summed E-state index contributed by atoms with van der Waals surface area (Å²) in [5.41, 5.74) is 2.07. The van der Waals surface area contributed by atoms with E-state index in [0.717, 1.165) is 17.7 Å². The minimum absolute atomic E-state index is 0.565. The molecule has 1 heterocycles. The van der Waals surface area contributed by atoms with Gasteiger partial charge in [-0.3, -0.25) is 0 Å². The number of halogens is 1. The van der Waals surface area contributed by atoms with Crippen molar-refractivity contribution in [3.05, 3.63) is 52.7 Å². The fourth-order valence-corrected chi connectivity index (χ4v) is 2.00. The summed E-state index contributed by atoms with van der Waals surface area (Å²) in [6, 6.07) is 9.54. The first-order valence-corrected chi connectivity index (χ1v) is 7.16. The number of benzene rings is 1. The van der Waals surface area contributed by atoms with E-state index >= 15 is 0 Å². The molecule has 0 aliphatic heterocycles. The highest BCUT2D eigenvalue weighted by Gasteiger charge is 2.08. The Labute approximate surface area is 130 Å². The van der Waals surface area contributed by atoms with Gasteiger partial charge in [-0.2, -0.15) is 0 Å². The van der Waals surface area contributed by atoms with Crippen LogP contribution in [0.1, 0.15) is 11.1 Å². The molecule has 0 atom stereocenters. The normalized spacial score (nSPS) is 10.6. The first-order chi connectivity index (χ1) is 10.2. The molecule has 0 aliphatic carbocycles. The van der Waals surface area contributed by atoms with Crippen molar-refractivity contribution < 1.29 is 9.47 Å². The second-order valence-corrected chi connectivity index (χ2v) is 5.08. The number of aromatic nitrogens is 1. The molecule has 0 saturated carbocycles. The van der Waals surface area contributed by atoms with Crippen LogP contribution in [0.5, 0.6) is 11.6 Å². The SMILES string of the molecule is COCCNCc1cccnc1Oc1cc(C)ccc1Cl. The van der Waals surface area contributed by atoms with Crippen molar-refractivity contribution in [3.8, 4) is 11.6 Å². The zero-order chi connectivity index (χ0) is 15.1. The smallest absolute Gasteiger partial charge is 0.223 e. The maximum atomic E-state index is 6.16. The van der Waals surface area contributed by atoms with E-state index in [1.165, 1.54) is 0 Å². The maximum Gasteiger partial charge on any atom is 0.223 e. The minimum Gasteiger partial charge on any atom is -0.437 e. The molecule has 0 unspecified atom stereocenters. The molecule has 21 heavy (non-hydrogen) atoms. The van der Waals surface area contributed by atoms with Gasteiger partial charge in [-0.15, -0.1) is 0 Å². The second kappa shape index (κ2) is 7.98.